The van der Waals surface area contributed by atoms with Crippen molar-refractivity contribution in [3.8, 4) is 11.1 Å². The smallest absolute Gasteiger partial charge is 0.322 e. The molecule has 0 bridgehead atoms. The fourth-order valence-corrected chi connectivity index (χ4v) is 5.09. The SMILES string of the molecule is O=C(Nc1c[nH]c2cc(F)c(F)cc12)N1Cc2ccc(-c3ccc4ccsc4c3)cc2C1. The van der Waals surface area contributed by atoms with E-state index in [4.69, 9.17) is 0 Å². The second-order valence-electron chi connectivity index (χ2n) is 7.96. The first-order valence-corrected chi connectivity index (χ1v) is 11.0. The Morgan fingerprint density at radius 1 is 0.938 bits per heavy atom. The molecule has 2 amide bonds. The summed E-state index contributed by atoms with van der Waals surface area (Å²) in [4.78, 5) is 17.5. The molecule has 0 fully saturated rings. The molecule has 0 unspecified atom stereocenters. The summed E-state index contributed by atoms with van der Waals surface area (Å²) in [6.45, 7) is 0.984. The van der Waals surface area contributed by atoms with Crippen LogP contribution in [0.4, 0.5) is 19.3 Å². The third-order valence-corrected chi connectivity index (χ3v) is 6.85. The average molecular weight is 445 g/mol. The van der Waals surface area contributed by atoms with Gasteiger partial charge in [-0.3, -0.25) is 0 Å². The average Bonchev–Trinajstić information content (AvgIpc) is 3.52. The van der Waals surface area contributed by atoms with Crippen molar-refractivity contribution in [2.75, 3.05) is 5.32 Å². The summed E-state index contributed by atoms with van der Waals surface area (Å²) in [7, 11) is 0. The van der Waals surface area contributed by atoms with E-state index in [9.17, 15) is 13.6 Å². The van der Waals surface area contributed by atoms with Crippen molar-refractivity contribution in [1.82, 2.24) is 9.88 Å². The lowest BCUT2D eigenvalue weighted by Crippen LogP contribution is -2.30. The van der Waals surface area contributed by atoms with Gasteiger partial charge in [0.05, 0.1) is 11.2 Å². The Kier molecular flexibility index (Phi) is 4.26. The zero-order chi connectivity index (χ0) is 21.8. The number of halogens is 2. The van der Waals surface area contributed by atoms with Crippen LogP contribution in [0.3, 0.4) is 0 Å². The van der Waals surface area contributed by atoms with E-state index in [-0.39, 0.29) is 6.03 Å². The molecule has 0 aliphatic carbocycles. The number of fused-ring (bicyclic) bond motifs is 3. The number of hydrogen-bond donors (Lipinski definition) is 2. The first-order chi connectivity index (χ1) is 15.5. The zero-order valence-corrected chi connectivity index (χ0v) is 17.6. The summed E-state index contributed by atoms with van der Waals surface area (Å²) in [5.41, 5.74) is 5.33. The van der Waals surface area contributed by atoms with E-state index in [0.717, 1.165) is 34.4 Å². The highest BCUT2D eigenvalue weighted by Crippen LogP contribution is 2.32. The molecule has 2 N–H and O–H groups in total. The molecule has 0 spiro atoms. The molecule has 0 saturated carbocycles. The molecular formula is C25H17F2N3OS. The standard InChI is InChI=1S/C25H17F2N3OS/c26-20-9-19-22(10-21(20)27)28-11-23(19)29-25(31)30-12-17-4-3-15(7-18(17)13-30)16-2-1-14-5-6-32-24(14)8-16/h1-11,28H,12-13H2,(H,29,31). The van der Waals surface area contributed by atoms with E-state index in [2.05, 4.69) is 58.1 Å². The summed E-state index contributed by atoms with van der Waals surface area (Å²) in [5, 5.41) is 6.58. The van der Waals surface area contributed by atoms with E-state index in [1.165, 1.54) is 10.1 Å². The van der Waals surface area contributed by atoms with Crippen LogP contribution in [0.5, 0.6) is 0 Å². The van der Waals surface area contributed by atoms with E-state index in [0.29, 0.717) is 29.7 Å². The van der Waals surface area contributed by atoms with E-state index in [1.807, 2.05) is 0 Å². The van der Waals surface area contributed by atoms with Gasteiger partial charge in [0.1, 0.15) is 0 Å². The topological polar surface area (TPSA) is 48.1 Å². The predicted octanol–water partition coefficient (Wildman–Crippen LogP) is 6.88. The highest BCUT2D eigenvalue weighted by atomic mass is 32.1. The number of amides is 2. The fraction of sp³-hybridized carbons (Fsp3) is 0.0800. The monoisotopic (exact) mass is 445 g/mol. The van der Waals surface area contributed by atoms with Gasteiger partial charge in [-0.15, -0.1) is 11.3 Å². The van der Waals surface area contributed by atoms with Crippen LogP contribution in [0.15, 0.2) is 66.2 Å². The second-order valence-corrected chi connectivity index (χ2v) is 8.90. The van der Waals surface area contributed by atoms with Gasteiger partial charge in [0.15, 0.2) is 11.6 Å². The molecule has 158 valence electrons. The van der Waals surface area contributed by atoms with Crippen LogP contribution in [-0.2, 0) is 13.1 Å². The number of carbonyl (C=O) groups excluding carboxylic acids is 1. The van der Waals surface area contributed by atoms with Gasteiger partial charge in [-0.05, 0) is 57.3 Å². The quantitative estimate of drug-likeness (QED) is 0.306. The van der Waals surface area contributed by atoms with Gasteiger partial charge >= 0.3 is 6.03 Å². The van der Waals surface area contributed by atoms with Crippen LogP contribution in [0, 0.1) is 11.6 Å². The van der Waals surface area contributed by atoms with Gasteiger partial charge < -0.3 is 15.2 Å². The maximum atomic E-state index is 13.7. The minimum atomic E-state index is -0.950. The number of rotatable bonds is 2. The molecule has 2 aromatic heterocycles. The van der Waals surface area contributed by atoms with Gasteiger partial charge in [-0.25, -0.2) is 13.6 Å². The molecule has 5 aromatic rings. The number of carbonyl (C=O) groups is 1. The molecule has 6 rings (SSSR count). The van der Waals surface area contributed by atoms with Gasteiger partial charge in [0.25, 0.3) is 0 Å². The van der Waals surface area contributed by atoms with E-state index >= 15 is 0 Å². The summed E-state index contributed by atoms with van der Waals surface area (Å²) >= 11 is 1.72. The first-order valence-electron chi connectivity index (χ1n) is 10.2. The minimum absolute atomic E-state index is 0.284. The summed E-state index contributed by atoms with van der Waals surface area (Å²) in [6, 6.07) is 16.7. The third-order valence-electron chi connectivity index (χ3n) is 5.97. The maximum Gasteiger partial charge on any atom is 0.322 e. The van der Waals surface area contributed by atoms with Crippen molar-refractivity contribution >= 4 is 44.0 Å². The number of nitrogens with one attached hydrogen (secondary N) is 2. The lowest BCUT2D eigenvalue weighted by molar-refractivity contribution is 0.212. The number of thiophene rings is 1. The van der Waals surface area contributed by atoms with E-state index < -0.39 is 11.6 Å². The highest BCUT2D eigenvalue weighted by molar-refractivity contribution is 7.17. The zero-order valence-electron chi connectivity index (χ0n) is 16.8. The number of benzene rings is 3. The van der Waals surface area contributed by atoms with E-state index in [1.54, 1.807) is 22.4 Å². The molecule has 0 saturated heterocycles. The number of urea groups is 1. The molecule has 0 atom stereocenters. The number of H-pyrrole nitrogens is 1. The Balaban J connectivity index is 1.23. The Morgan fingerprint density at radius 2 is 1.72 bits per heavy atom. The Bertz CT molecular complexity index is 1520. The fourth-order valence-electron chi connectivity index (χ4n) is 4.27. The van der Waals surface area contributed by atoms with Crippen LogP contribution in [0.1, 0.15) is 11.1 Å². The van der Waals surface area contributed by atoms with Crippen LogP contribution in [0.2, 0.25) is 0 Å². The van der Waals surface area contributed by atoms with Crippen molar-refractivity contribution in [2.24, 2.45) is 0 Å². The van der Waals surface area contributed by atoms with Crippen molar-refractivity contribution in [1.29, 1.82) is 0 Å². The molecule has 3 aromatic carbocycles. The molecule has 1 aliphatic rings. The third kappa shape index (κ3) is 3.13. The predicted molar refractivity (Wildman–Crippen MR) is 124 cm³/mol. The normalized spacial score (nSPS) is 13.1. The van der Waals surface area contributed by atoms with Crippen LogP contribution < -0.4 is 5.32 Å². The largest absolute Gasteiger partial charge is 0.359 e. The van der Waals surface area contributed by atoms with Gasteiger partial charge in [-0.1, -0.05) is 24.3 Å². The van der Waals surface area contributed by atoms with Crippen LogP contribution in [0.25, 0.3) is 32.1 Å². The first kappa shape index (κ1) is 19.0. The Labute approximate surface area is 186 Å². The van der Waals surface area contributed by atoms with Crippen molar-refractivity contribution in [2.45, 2.75) is 13.1 Å². The number of hydrogen-bond acceptors (Lipinski definition) is 2. The lowest BCUT2D eigenvalue weighted by atomic mass is 10.0. The highest BCUT2D eigenvalue weighted by Gasteiger charge is 2.24. The second kappa shape index (κ2) is 7.17. The van der Waals surface area contributed by atoms with Gasteiger partial charge in [-0.2, -0.15) is 0 Å². The number of aromatic amines is 1. The number of nitrogens with zero attached hydrogens (tertiary/aromatic N) is 1. The Hall–Kier alpha value is -3.71. The molecule has 3 heterocycles. The molecule has 7 heteroatoms. The van der Waals surface area contributed by atoms with Crippen molar-refractivity contribution < 1.29 is 13.6 Å². The lowest BCUT2D eigenvalue weighted by Gasteiger charge is -2.16. The number of aromatic nitrogens is 1. The summed E-state index contributed by atoms with van der Waals surface area (Å²) in [5.74, 6) is -1.88. The van der Waals surface area contributed by atoms with Gasteiger partial charge in [0.2, 0.25) is 0 Å². The number of anilines is 1. The van der Waals surface area contributed by atoms with Crippen molar-refractivity contribution in [3.05, 3.63) is 88.9 Å². The molecule has 0 radical (unpaired) electrons. The molecule has 4 nitrogen and oxygen atoms in total. The van der Waals surface area contributed by atoms with Crippen molar-refractivity contribution in [3.63, 3.8) is 0 Å². The van der Waals surface area contributed by atoms with Gasteiger partial charge in [0, 0.05) is 35.4 Å². The summed E-state index contributed by atoms with van der Waals surface area (Å²) < 4.78 is 28.4. The summed E-state index contributed by atoms with van der Waals surface area (Å²) in [6.07, 6.45) is 1.55. The van der Waals surface area contributed by atoms with Crippen LogP contribution >= 0.6 is 11.3 Å². The maximum absolute atomic E-state index is 13.7. The molecular weight excluding hydrogens is 428 g/mol. The Morgan fingerprint density at radius 3 is 2.62 bits per heavy atom. The van der Waals surface area contributed by atoms with Crippen LogP contribution in [-0.4, -0.2) is 15.9 Å². The molecule has 32 heavy (non-hydrogen) atoms. The minimum Gasteiger partial charge on any atom is -0.359 e. The molecule has 1 aliphatic heterocycles.